The van der Waals surface area contributed by atoms with Gasteiger partial charge in [-0.15, -0.1) is 0 Å². The lowest BCUT2D eigenvalue weighted by Crippen LogP contribution is -2.19. The quantitative estimate of drug-likeness (QED) is 0.890. The van der Waals surface area contributed by atoms with Crippen molar-refractivity contribution in [3.05, 3.63) is 69.7 Å². The summed E-state index contributed by atoms with van der Waals surface area (Å²) in [6.45, 7) is 2.13. The highest BCUT2D eigenvalue weighted by Gasteiger charge is 2.11. The molecule has 1 nitrogen and oxygen atoms in total. The molecule has 0 spiro atoms. The standard InChI is InChI=1S/C16H18BrN/c1-12-6-5-8-14(10-12)16(18-2)11-13-7-3-4-9-15(13)17/h3-10,16,18H,11H2,1-2H3. The first-order valence-electron chi connectivity index (χ1n) is 6.18. The van der Waals surface area contributed by atoms with E-state index in [9.17, 15) is 0 Å². The van der Waals surface area contributed by atoms with E-state index >= 15 is 0 Å². The number of benzene rings is 2. The van der Waals surface area contributed by atoms with Crippen molar-refractivity contribution in [2.45, 2.75) is 19.4 Å². The predicted octanol–water partition coefficient (Wildman–Crippen LogP) is 4.26. The van der Waals surface area contributed by atoms with Crippen molar-refractivity contribution in [2.24, 2.45) is 0 Å². The molecule has 0 amide bonds. The Hall–Kier alpha value is -1.12. The lowest BCUT2D eigenvalue weighted by atomic mass is 9.98. The zero-order chi connectivity index (χ0) is 13.0. The molecule has 0 aliphatic rings. The van der Waals surface area contributed by atoms with Crippen molar-refractivity contribution >= 4 is 15.9 Å². The van der Waals surface area contributed by atoms with Crippen molar-refractivity contribution in [1.82, 2.24) is 5.32 Å². The molecule has 0 fully saturated rings. The number of nitrogens with one attached hydrogen (secondary N) is 1. The Bertz CT molecular complexity index is 522. The van der Waals surface area contributed by atoms with Gasteiger partial charge in [-0.1, -0.05) is 64.0 Å². The number of halogens is 1. The molecule has 1 unspecified atom stereocenters. The second-order valence-corrected chi connectivity index (χ2v) is 5.41. The van der Waals surface area contributed by atoms with Crippen molar-refractivity contribution < 1.29 is 0 Å². The molecule has 94 valence electrons. The Labute approximate surface area is 117 Å². The summed E-state index contributed by atoms with van der Waals surface area (Å²) >= 11 is 3.61. The molecular formula is C16H18BrN. The highest BCUT2D eigenvalue weighted by molar-refractivity contribution is 9.10. The van der Waals surface area contributed by atoms with E-state index in [1.54, 1.807) is 0 Å². The van der Waals surface area contributed by atoms with Crippen molar-refractivity contribution in [3.63, 3.8) is 0 Å². The van der Waals surface area contributed by atoms with Gasteiger partial charge >= 0.3 is 0 Å². The Morgan fingerprint density at radius 1 is 1.11 bits per heavy atom. The van der Waals surface area contributed by atoms with Gasteiger partial charge < -0.3 is 5.32 Å². The average molecular weight is 304 g/mol. The maximum atomic E-state index is 3.61. The van der Waals surface area contributed by atoms with Gasteiger partial charge in [-0.05, 0) is 37.6 Å². The summed E-state index contributed by atoms with van der Waals surface area (Å²) in [7, 11) is 2.02. The molecule has 0 radical (unpaired) electrons. The van der Waals surface area contributed by atoms with Gasteiger partial charge in [0.15, 0.2) is 0 Å². The molecule has 1 N–H and O–H groups in total. The van der Waals surface area contributed by atoms with Crippen LogP contribution < -0.4 is 5.32 Å². The molecule has 1 atom stereocenters. The van der Waals surface area contributed by atoms with Gasteiger partial charge in [-0.25, -0.2) is 0 Å². The van der Waals surface area contributed by atoms with Crippen LogP contribution in [0.25, 0.3) is 0 Å². The summed E-state index contributed by atoms with van der Waals surface area (Å²) in [5, 5.41) is 3.40. The monoisotopic (exact) mass is 303 g/mol. The van der Waals surface area contributed by atoms with E-state index in [1.165, 1.54) is 21.2 Å². The lowest BCUT2D eigenvalue weighted by molar-refractivity contribution is 0.590. The van der Waals surface area contributed by atoms with Crippen LogP contribution >= 0.6 is 15.9 Å². The first kappa shape index (κ1) is 13.3. The molecule has 0 saturated heterocycles. The summed E-state index contributed by atoms with van der Waals surface area (Å²) in [4.78, 5) is 0. The van der Waals surface area contributed by atoms with Crippen LogP contribution in [0.1, 0.15) is 22.7 Å². The molecule has 0 aliphatic carbocycles. The highest BCUT2D eigenvalue weighted by Crippen LogP contribution is 2.24. The Kier molecular flexibility index (Phi) is 4.56. The normalized spacial score (nSPS) is 12.4. The van der Waals surface area contributed by atoms with Crippen LogP contribution in [0, 0.1) is 6.92 Å². The number of aryl methyl sites for hydroxylation is 1. The summed E-state index contributed by atoms with van der Waals surface area (Å²) in [5.41, 5.74) is 3.98. The summed E-state index contributed by atoms with van der Waals surface area (Å²) in [6.07, 6.45) is 0.987. The fraction of sp³-hybridized carbons (Fsp3) is 0.250. The zero-order valence-corrected chi connectivity index (χ0v) is 12.4. The average Bonchev–Trinajstić information content (AvgIpc) is 2.38. The first-order valence-corrected chi connectivity index (χ1v) is 6.97. The maximum absolute atomic E-state index is 3.61. The van der Waals surface area contributed by atoms with Gasteiger partial charge in [0.05, 0.1) is 0 Å². The van der Waals surface area contributed by atoms with Gasteiger partial charge in [-0.3, -0.25) is 0 Å². The second kappa shape index (κ2) is 6.17. The minimum Gasteiger partial charge on any atom is -0.313 e. The zero-order valence-electron chi connectivity index (χ0n) is 10.8. The van der Waals surface area contributed by atoms with Crippen LogP contribution in [0.5, 0.6) is 0 Å². The summed E-state index contributed by atoms with van der Waals surface area (Å²) in [6, 6.07) is 17.4. The smallest absolute Gasteiger partial charge is 0.0358 e. The minimum atomic E-state index is 0.351. The van der Waals surface area contributed by atoms with E-state index in [0.29, 0.717) is 6.04 Å². The topological polar surface area (TPSA) is 12.0 Å². The molecule has 0 bridgehead atoms. The number of hydrogen-bond donors (Lipinski definition) is 1. The Balaban J connectivity index is 2.23. The van der Waals surface area contributed by atoms with Crippen molar-refractivity contribution in [1.29, 1.82) is 0 Å². The largest absolute Gasteiger partial charge is 0.313 e. The maximum Gasteiger partial charge on any atom is 0.0358 e. The minimum absolute atomic E-state index is 0.351. The van der Waals surface area contributed by atoms with Crippen LogP contribution in [0.2, 0.25) is 0 Å². The van der Waals surface area contributed by atoms with E-state index in [-0.39, 0.29) is 0 Å². The number of hydrogen-bond acceptors (Lipinski definition) is 1. The lowest BCUT2D eigenvalue weighted by Gasteiger charge is -2.18. The number of likely N-dealkylation sites (N-methyl/N-ethyl adjacent to an activating group) is 1. The molecule has 2 aromatic rings. The third-order valence-electron chi connectivity index (χ3n) is 3.17. The SMILES string of the molecule is CNC(Cc1ccccc1Br)c1cccc(C)c1. The van der Waals surface area contributed by atoms with E-state index in [1.807, 2.05) is 7.05 Å². The van der Waals surface area contributed by atoms with E-state index in [2.05, 4.69) is 76.7 Å². The fourth-order valence-electron chi connectivity index (χ4n) is 2.16. The molecule has 2 rings (SSSR count). The van der Waals surface area contributed by atoms with E-state index in [4.69, 9.17) is 0 Å². The molecule has 0 saturated carbocycles. The molecule has 0 aromatic heterocycles. The van der Waals surface area contributed by atoms with Crippen LogP contribution in [0.4, 0.5) is 0 Å². The molecule has 0 heterocycles. The molecule has 0 aliphatic heterocycles. The molecule has 18 heavy (non-hydrogen) atoms. The first-order chi connectivity index (χ1) is 8.70. The third kappa shape index (κ3) is 3.21. The van der Waals surface area contributed by atoms with Gasteiger partial charge in [-0.2, -0.15) is 0 Å². The van der Waals surface area contributed by atoms with Gasteiger partial charge in [0, 0.05) is 10.5 Å². The predicted molar refractivity (Wildman–Crippen MR) is 80.8 cm³/mol. The van der Waals surface area contributed by atoms with E-state index in [0.717, 1.165) is 6.42 Å². The van der Waals surface area contributed by atoms with Crippen LogP contribution in [0.15, 0.2) is 53.0 Å². The van der Waals surface area contributed by atoms with Gasteiger partial charge in [0.1, 0.15) is 0 Å². The van der Waals surface area contributed by atoms with Gasteiger partial charge in [0.2, 0.25) is 0 Å². The summed E-state index contributed by atoms with van der Waals surface area (Å²) in [5.74, 6) is 0. The van der Waals surface area contributed by atoms with Crippen LogP contribution in [-0.2, 0) is 6.42 Å². The molecule has 2 aromatic carbocycles. The fourth-order valence-corrected chi connectivity index (χ4v) is 2.60. The summed E-state index contributed by atoms with van der Waals surface area (Å²) < 4.78 is 1.18. The van der Waals surface area contributed by atoms with Crippen LogP contribution in [0.3, 0.4) is 0 Å². The van der Waals surface area contributed by atoms with Gasteiger partial charge in [0.25, 0.3) is 0 Å². The second-order valence-electron chi connectivity index (χ2n) is 4.55. The van der Waals surface area contributed by atoms with Crippen molar-refractivity contribution in [2.75, 3.05) is 7.05 Å². The van der Waals surface area contributed by atoms with E-state index < -0.39 is 0 Å². The third-order valence-corrected chi connectivity index (χ3v) is 3.95. The number of rotatable bonds is 4. The van der Waals surface area contributed by atoms with Crippen LogP contribution in [-0.4, -0.2) is 7.05 Å². The Morgan fingerprint density at radius 3 is 2.56 bits per heavy atom. The molecular weight excluding hydrogens is 286 g/mol. The van der Waals surface area contributed by atoms with Crippen molar-refractivity contribution in [3.8, 4) is 0 Å². The molecule has 2 heteroatoms. The highest BCUT2D eigenvalue weighted by atomic mass is 79.9. The Morgan fingerprint density at radius 2 is 1.89 bits per heavy atom.